The largest absolute Gasteiger partial charge is 0.368 e. The quantitative estimate of drug-likeness (QED) is 0.610. The van der Waals surface area contributed by atoms with Gasteiger partial charge in [-0.15, -0.1) is 0 Å². The molecule has 0 aliphatic carbocycles. The van der Waals surface area contributed by atoms with Gasteiger partial charge in [0.25, 0.3) is 5.69 Å². The van der Waals surface area contributed by atoms with Gasteiger partial charge in [0.1, 0.15) is 11.5 Å². The molecule has 2 aromatic rings. The third-order valence-corrected chi connectivity index (χ3v) is 5.40. The lowest BCUT2D eigenvalue weighted by Gasteiger charge is -2.49. The van der Waals surface area contributed by atoms with Crippen LogP contribution in [0.15, 0.2) is 42.5 Å². The molecule has 1 spiro atoms. The van der Waals surface area contributed by atoms with Crippen LogP contribution >= 0.6 is 11.6 Å². The molecule has 7 heteroatoms. The molecule has 5 nitrogen and oxygen atoms in total. The van der Waals surface area contributed by atoms with Crippen LogP contribution < -0.4 is 9.80 Å². The number of anilines is 2. The van der Waals surface area contributed by atoms with Crippen LogP contribution in [0.2, 0.25) is 5.02 Å². The fraction of sp³-hybridized carbons (Fsp3) is 0.333. The van der Waals surface area contributed by atoms with E-state index in [9.17, 15) is 14.5 Å². The summed E-state index contributed by atoms with van der Waals surface area (Å²) in [7, 11) is 0. The topological polar surface area (TPSA) is 49.6 Å². The molecule has 4 rings (SSSR count). The van der Waals surface area contributed by atoms with Crippen molar-refractivity contribution in [3.05, 3.63) is 63.4 Å². The Labute approximate surface area is 149 Å². The summed E-state index contributed by atoms with van der Waals surface area (Å²) in [5.74, 6) is -0.309. The molecule has 0 atom stereocenters. The van der Waals surface area contributed by atoms with Gasteiger partial charge in [-0.25, -0.2) is 4.39 Å². The number of benzene rings is 2. The van der Waals surface area contributed by atoms with Crippen LogP contribution in [0.3, 0.4) is 0 Å². The molecule has 2 fully saturated rings. The second kappa shape index (κ2) is 5.88. The minimum absolute atomic E-state index is 0.0653. The second-order valence-electron chi connectivity index (χ2n) is 6.87. The fourth-order valence-corrected chi connectivity index (χ4v) is 4.12. The number of hydrogen-bond acceptors (Lipinski definition) is 4. The van der Waals surface area contributed by atoms with E-state index in [2.05, 4.69) is 4.90 Å². The molecule has 0 radical (unpaired) electrons. The van der Waals surface area contributed by atoms with Crippen molar-refractivity contribution in [2.75, 3.05) is 36.0 Å². The van der Waals surface area contributed by atoms with Crippen molar-refractivity contribution in [1.29, 1.82) is 0 Å². The Kier molecular flexibility index (Phi) is 3.80. The molecule has 2 saturated heterocycles. The van der Waals surface area contributed by atoms with Gasteiger partial charge in [0.2, 0.25) is 0 Å². The Morgan fingerprint density at radius 2 is 1.80 bits per heavy atom. The predicted molar refractivity (Wildman–Crippen MR) is 96.0 cm³/mol. The van der Waals surface area contributed by atoms with E-state index < -0.39 is 0 Å². The maximum atomic E-state index is 14.1. The maximum Gasteiger partial charge on any atom is 0.292 e. The van der Waals surface area contributed by atoms with E-state index in [1.165, 1.54) is 12.1 Å². The van der Waals surface area contributed by atoms with Crippen molar-refractivity contribution >= 4 is 28.7 Å². The van der Waals surface area contributed by atoms with Crippen molar-refractivity contribution in [2.45, 2.75) is 6.42 Å². The van der Waals surface area contributed by atoms with Crippen LogP contribution in [0.1, 0.15) is 6.42 Å². The first-order valence-corrected chi connectivity index (χ1v) is 8.54. The zero-order valence-corrected chi connectivity index (χ0v) is 14.2. The summed E-state index contributed by atoms with van der Waals surface area (Å²) >= 11 is 5.81. The molecular formula is C18H17ClFN3O2. The lowest BCUT2D eigenvalue weighted by molar-refractivity contribution is -0.384. The average Bonchev–Trinajstić information content (AvgIpc) is 2.99. The van der Waals surface area contributed by atoms with Crippen LogP contribution in [0.25, 0.3) is 0 Å². The van der Waals surface area contributed by atoms with E-state index in [1.54, 1.807) is 24.3 Å². The smallest absolute Gasteiger partial charge is 0.292 e. The predicted octanol–water partition coefficient (Wildman–Crippen LogP) is 4.10. The molecule has 0 aromatic heterocycles. The zero-order chi connectivity index (χ0) is 17.6. The summed E-state index contributed by atoms with van der Waals surface area (Å²) < 4.78 is 14.1. The molecule has 0 unspecified atom stereocenters. The summed E-state index contributed by atoms with van der Waals surface area (Å²) in [6.07, 6.45) is 0.949. The molecule has 2 heterocycles. The van der Waals surface area contributed by atoms with Crippen LogP contribution in [0.5, 0.6) is 0 Å². The number of halogens is 2. The van der Waals surface area contributed by atoms with E-state index in [-0.39, 0.29) is 21.8 Å². The van der Waals surface area contributed by atoms with Crippen LogP contribution in [-0.2, 0) is 0 Å². The zero-order valence-electron chi connectivity index (χ0n) is 13.5. The molecule has 130 valence electrons. The third kappa shape index (κ3) is 2.80. The highest BCUT2D eigenvalue weighted by Crippen LogP contribution is 2.45. The number of rotatable bonds is 3. The molecule has 0 saturated carbocycles. The van der Waals surface area contributed by atoms with Gasteiger partial charge in [0.05, 0.1) is 10.6 Å². The van der Waals surface area contributed by atoms with Gasteiger partial charge in [0.15, 0.2) is 0 Å². The van der Waals surface area contributed by atoms with E-state index in [4.69, 9.17) is 11.6 Å². The number of para-hydroxylation sites is 2. The maximum absolute atomic E-state index is 14.1. The number of nitro groups is 1. The van der Waals surface area contributed by atoms with E-state index in [1.807, 2.05) is 11.0 Å². The monoisotopic (exact) mass is 361 g/mol. The SMILES string of the molecule is O=[N+]([O-])c1ccccc1N1CCC2(CN(c3ccc(Cl)cc3F)C2)C1. The highest BCUT2D eigenvalue weighted by molar-refractivity contribution is 6.30. The molecule has 0 N–H and O–H groups in total. The molecule has 2 aliphatic heterocycles. The Morgan fingerprint density at radius 1 is 1.08 bits per heavy atom. The van der Waals surface area contributed by atoms with Gasteiger partial charge >= 0.3 is 0 Å². The first kappa shape index (κ1) is 16.1. The minimum Gasteiger partial charge on any atom is -0.368 e. The van der Waals surface area contributed by atoms with Crippen molar-refractivity contribution in [1.82, 2.24) is 0 Å². The van der Waals surface area contributed by atoms with Gasteiger partial charge < -0.3 is 9.80 Å². The fourth-order valence-electron chi connectivity index (χ4n) is 3.96. The van der Waals surface area contributed by atoms with Gasteiger partial charge in [-0.05, 0) is 30.7 Å². The Bertz CT molecular complexity index is 839. The van der Waals surface area contributed by atoms with Crippen LogP contribution in [0, 0.1) is 21.3 Å². The molecule has 2 aromatic carbocycles. The van der Waals surface area contributed by atoms with E-state index in [0.29, 0.717) is 16.4 Å². The summed E-state index contributed by atoms with van der Waals surface area (Å²) in [6.45, 7) is 3.04. The van der Waals surface area contributed by atoms with Crippen LogP contribution in [-0.4, -0.2) is 31.1 Å². The highest BCUT2D eigenvalue weighted by atomic mass is 35.5. The lowest BCUT2D eigenvalue weighted by Crippen LogP contribution is -2.58. The second-order valence-corrected chi connectivity index (χ2v) is 7.31. The highest BCUT2D eigenvalue weighted by Gasteiger charge is 2.48. The van der Waals surface area contributed by atoms with Gasteiger partial charge in [0, 0.05) is 42.7 Å². The average molecular weight is 362 g/mol. The summed E-state index contributed by atoms with van der Waals surface area (Å²) in [5, 5.41) is 11.6. The molecule has 25 heavy (non-hydrogen) atoms. The van der Waals surface area contributed by atoms with Crippen LogP contribution in [0.4, 0.5) is 21.5 Å². The lowest BCUT2D eigenvalue weighted by atomic mass is 9.78. The molecular weight excluding hydrogens is 345 g/mol. The Hall–Kier alpha value is -2.34. The minimum atomic E-state index is -0.337. The summed E-state index contributed by atoms with van der Waals surface area (Å²) in [4.78, 5) is 15.0. The number of hydrogen-bond donors (Lipinski definition) is 0. The normalized spacial score (nSPS) is 18.5. The van der Waals surface area contributed by atoms with E-state index in [0.717, 1.165) is 32.6 Å². The van der Waals surface area contributed by atoms with Crippen molar-refractivity contribution in [3.8, 4) is 0 Å². The third-order valence-electron chi connectivity index (χ3n) is 5.16. The molecule has 2 aliphatic rings. The summed E-state index contributed by atoms with van der Waals surface area (Å²) in [6, 6.07) is 11.6. The first-order chi connectivity index (χ1) is 12.0. The molecule has 0 bridgehead atoms. The van der Waals surface area contributed by atoms with E-state index >= 15 is 0 Å². The Balaban J connectivity index is 1.48. The molecule has 0 amide bonds. The Morgan fingerprint density at radius 3 is 2.52 bits per heavy atom. The standard InChI is InChI=1S/C18H17ClFN3O2/c19-13-5-6-15(14(20)9-13)22-11-18(12-22)7-8-21(10-18)16-3-1-2-4-17(16)23(24)25/h1-6,9H,7-8,10-12H2. The number of nitro benzene ring substituents is 1. The first-order valence-electron chi connectivity index (χ1n) is 8.16. The van der Waals surface area contributed by atoms with Crippen molar-refractivity contribution in [3.63, 3.8) is 0 Å². The van der Waals surface area contributed by atoms with Crippen molar-refractivity contribution < 1.29 is 9.31 Å². The van der Waals surface area contributed by atoms with Crippen molar-refractivity contribution in [2.24, 2.45) is 5.41 Å². The number of nitrogens with zero attached hydrogens (tertiary/aromatic N) is 3. The summed E-state index contributed by atoms with van der Waals surface area (Å²) in [5.41, 5.74) is 1.44. The van der Waals surface area contributed by atoms with Gasteiger partial charge in [-0.1, -0.05) is 23.7 Å². The van der Waals surface area contributed by atoms with Gasteiger partial charge in [-0.3, -0.25) is 10.1 Å². The van der Waals surface area contributed by atoms with Gasteiger partial charge in [-0.2, -0.15) is 0 Å².